The molecule has 0 amide bonds. The lowest BCUT2D eigenvalue weighted by atomic mass is 10.1. The standard InChI is InChI=1S/C17H8F3N3O3/c18-17(19,20)10-4-7-16(14(8-10)23(24)25)26-15-3-1-2-13-12(15)6-5-11(9-21)22-13/h1-8H. The lowest BCUT2D eigenvalue weighted by Crippen LogP contribution is -2.06. The Hall–Kier alpha value is -3.67. The van der Waals surface area contributed by atoms with Gasteiger partial charge in [-0.3, -0.25) is 10.1 Å². The van der Waals surface area contributed by atoms with Gasteiger partial charge in [-0.2, -0.15) is 18.4 Å². The van der Waals surface area contributed by atoms with E-state index in [1.54, 1.807) is 18.2 Å². The normalized spacial score (nSPS) is 11.2. The number of aromatic nitrogens is 1. The second-order valence-corrected chi connectivity index (χ2v) is 5.17. The zero-order valence-electron chi connectivity index (χ0n) is 12.8. The number of hydrogen-bond acceptors (Lipinski definition) is 5. The highest BCUT2D eigenvalue weighted by molar-refractivity contribution is 5.85. The fourth-order valence-electron chi connectivity index (χ4n) is 2.32. The average molecular weight is 359 g/mol. The van der Waals surface area contributed by atoms with E-state index in [0.29, 0.717) is 23.0 Å². The molecule has 3 rings (SSSR count). The Balaban J connectivity index is 2.08. The minimum Gasteiger partial charge on any atom is -0.449 e. The van der Waals surface area contributed by atoms with Crippen molar-refractivity contribution in [2.75, 3.05) is 0 Å². The summed E-state index contributed by atoms with van der Waals surface area (Å²) in [5.41, 5.74) is -1.36. The maximum Gasteiger partial charge on any atom is 0.416 e. The van der Waals surface area contributed by atoms with Crippen LogP contribution in [0.5, 0.6) is 11.5 Å². The summed E-state index contributed by atoms with van der Waals surface area (Å²) >= 11 is 0. The first kappa shape index (κ1) is 17.2. The summed E-state index contributed by atoms with van der Waals surface area (Å²) in [6.45, 7) is 0. The zero-order valence-corrected chi connectivity index (χ0v) is 12.8. The van der Waals surface area contributed by atoms with Crippen LogP contribution in [0.25, 0.3) is 10.9 Å². The first-order chi connectivity index (χ1) is 12.3. The molecule has 0 spiro atoms. The molecule has 0 bridgehead atoms. The largest absolute Gasteiger partial charge is 0.449 e. The summed E-state index contributed by atoms with van der Waals surface area (Å²) in [4.78, 5) is 14.3. The van der Waals surface area contributed by atoms with Crippen LogP contribution in [0, 0.1) is 21.4 Å². The monoisotopic (exact) mass is 359 g/mol. The van der Waals surface area contributed by atoms with Crippen LogP contribution in [0.3, 0.4) is 0 Å². The number of nitro groups is 1. The van der Waals surface area contributed by atoms with Gasteiger partial charge in [0.25, 0.3) is 0 Å². The Morgan fingerprint density at radius 3 is 2.54 bits per heavy atom. The molecule has 1 heterocycles. The summed E-state index contributed by atoms with van der Waals surface area (Å²) in [5, 5.41) is 20.5. The van der Waals surface area contributed by atoms with E-state index in [-0.39, 0.29) is 17.2 Å². The van der Waals surface area contributed by atoms with E-state index in [1.165, 1.54) is 12.1 Å². The van der Waals surface area contributed by atoms with Gasteiger partial charge in [-0.05, 0) is 36.4 Å². The number of fused-ring (bicyclic) bond motifs is 1. The number of hydrogen-bond donors (Lipinski definition) is 0. The molecule has 9 heteroatoms. The van der Waals surface area contributed by atoms with Crippen LogP contribution in [-0.2, 0) is 6.18 Å². The summed E-state index contributed by atoms with van der Waals surface area (Å²) in [6.07, 6.45) is -4.71. The molecule has 2 aromatic carbocycles. The number of rotatable bonds is 3. The van der Waals surface area contributed by atoms with Crippen LogP contribution in [0.1, 0.15) is 11.3 Å². The predicted molar refractivity (Wildman–Crippen MR) is 84.6 cm³/mol. The third-order valence-corrected chi connectivity index (χ3v) is 3.51. The number of halogens is 3. The quantitative estimate of drug-likeness (QED) is 0.494. The molecule has 0 saturated carbocycles. The van der Waals surface area contributed by atoms with Crippen molar-refractivity contribution in [3.05, 3.63) is 69.9 Å². The Labute approximate surface area is 144 Å². The van der Waals surface area contributed by atoms with Gasteiger partial charge in [0.2, 0.25) is 5.75 Å². The van der Waals surface area contributed by atoms with Gasteiger partial charge in [-0.1, -0.05) is 6.07 Å². The average Bonchev–Trinajstić information content (AvgIpc) is 2.60. The van der Waals surface area contributed by atoms with Gasteiger partial charge in [0.1, 0.15) is 17.5 Å². The molecular weight excluding hydrogens is 351 g/mol. The molecule has 0 unspecified atom stereocenters. The van der Waals surface area contributed by atoms with E-state index in [2.05, 4.69) is 4.98 Å². The van der Waals surface area contributed by atoms with Crippen molar-refractivity contribution in [1.82, 2.24) is 4.98 Å². The Kier molecular flexibility index (Phi) is 4.18. The number of ether oxygens (including phenoxy) is 1. The lowest BCUT2D eigenvalue weighted by molar-refractivity contribution is -0.385. The van der Waals surface area contributed by atoms with Crippen molar-refractivity contribution in [3.63, 3.8) is 0 Å². The number of pyridine rings is 1. The third kappa shape index (κ3) is 3.25. The number of alkyl halides is 3. The SMILES string of the molecule is N#Cc1ccc2c(Oc3ccc(C(F)(F)F)cc3[N+](=O)[O-])cccc2n1. The minimum atomic E-state index is -4.71. The molecule has 0 fully saturated rings. The van der Waals surface area contributed by atoms with E-state index in [0.717, 1.165) is 6.07 Å². The Morgan fingerprint density at radius 2 is 1.88 bits per heavy atom. The first-order valence-corrected chi connectivity index (χ1v) is 7.13. The van der Waals surface area contributed by atoms with E-state index in [4.69, 9.17) is 10.00 Å². The van der Waals surface area contributed by atoms with Crippen molar-refractivity contribution in [3.8, 4) is 17.6 Å². The Bertz CT molecular complexity index is 1060. The molecule has 0 aliphatic heterocycles. The second kappa shape index (κ2) is 6.33. The molecule has 0 N–H and O–H groups in total. The number of nitrogens with zero attached hydrogens (tertiary/aromatic N) is 3. The van der Waals surface area contributed by atoms with Crippen molar-refractivity contribution in [2.24, 2.45) is 0 Å². The van der Waals surface area contributed by atoms with E-state index < -0.39 is 22.4 Å². The third-order valence-electron chi connectivity index (χ3n) is 3.51. The van der Waals surface area contributed by atoms with Gasteiger partial charge in [-0.25, -0.2) is 4.98 Å². The Morgan fingerprint density at radius 1 is 1.12 bits per heavy atom. The molecule has 0 aliphatic carbocycles. The summed E-state index contributed by atoms with van der Waals surface area (Å²) in [6, 6.07) is 11.6. The summed E-state index contributed by atoms with van der Waals surface area (Å²) in [7, 11) is 0. The van der Waals surface area contributed by atoms with Crippen molar-refractivity contribution in [1.29, 1.82) is 5.26 Å². The number of benzene rings is 2. The molecule has 3 aromatic rings. The van der Waals surface area contributed by atoms with E-state index in [9.17, 15) is 23.3 Å². The molecule has 0 aliphatic rings. The zero-order chi connectivity index (χ0) is 18.9. The van der Waals surface area contributed by atoms with Crippen molar-refractivity contribution >= 4 is 16.6 Å². The molecule has 26 heavy (non-hydrogen) atoms. The maximum atomic E-state index is 12.8. The van der Waals surface area contributed by atoms with Gasteiger partial charge < -0.3 is 4.74 Å². The predicted octanol–water partition coefficient (Wildman–Crippen LogP) is 4.83. The van der Waals surface area contributed by atoms with Crippen molar-refractivity contribution in [2.45, 2.75) is 6.18 Å². The van der Waals surface area contributed by atoms with Crippen LogP contribution in [-0.4, -0.2) is 9.91 Å². The van der Waals surface area contributed by atoms with Crippen LogP contribution in [0.4, 0.5) is 18.9 Å². The molecule has 0 atom stereocenters. The highest BCUT2D eigenvalue weighted by Gasteiger charge is 2.33. The van der Waals surface area contributed by atoms with Crippen LogP contribution < -0.4 is 4.74 Å². The minimum absolute atomic E-state index is 0.169. The maximum absolute atomic E-state index is 12.8. The highest BCUT2D eigenvalue weighted by atomic mass is 19.4. The number of nitro benzene ring substituents is 1. The second-order valence-electron chi connectivity index (χ2n) is 5.17. The molecule has 1 aromatic heterocycles. The topological polar surface area (TPSA) is 89.0 Å². The summed E-state index contributed by atoms with van der Waals surface area (Å²) < 4.78 is 43.8. The van der Waals surface area contributed by atoms with Gasteiger partial charge in [0.05, 0.1) is 16.0 Å². The van der Waals surface area contributed by atoms with Gasteiger partial charge in [0.15, 0.2) is 0 Å². The molecule has 6 nitrogen and oxygen atoms in total. The van der Waals surface area contributed by atoms with Crippen molar-refractivity contribution < 1.29 is 22.8 Å². The van der Waals surface area contributed by atoms with Gasteiger partial charge >= 0.3 is 11.9 Å². The van der Waals surface area contributed by atoms with E-state index >= 15 is 0 Å². The van der Waals surface area contributed by atoms with E-state index in [1.807, 2.05) is 6.07 Å². The smallest absolute Gasteiger partial charge is 0.416 e. The van der Waals surface area contributed by atoms with Gasteiger partial charge in [0, 0.05) is 11.5 Å². The fourth-order valence-corrected chi connectivity index (χ4v) is 2.32. The first-order valence-electron chi connectivity index (χ1n) is 7.13. The fraction of sp³-hybridized carbons (Fsp3) is 0.0588. The summed E-state index contributed by atoms with van der Waals surface area (Å²) in [5.74, 6) is -0.165. The van der Waals surface area contributed by atoms with Crippen LogP contribution in [0.15, 0.2) is 48.5 Å². The molecule has 130 valence electrons. The number of nitriles is 1. The lowest BCUT2D eigenvalue weighted by Gasteiger charge is -2.11. The van der Waals surface area contributed by atoms with Crippen LogP contribution >= 0.6 is 0 Å². The molecule has 0 radical (unpaired) electrons. The molecule has 0 saturated heterocycles. The highest BCUT2D eigenvalue weighted by Crippen LogP contribution is 2.39. The molecular formula is C17H8F3N3O3. The van der Waals surface area contributed by atoms with Gasteiger partial charge in [-0.15, -0.1) is 0 Å². The van der Waals surface area contributed by atoms with Crippen LogP contribution in [0.2, 0.25) is 0 Å².